The monoisotopic (exact) mass is 334 g/mol. The Labute approximate surface area is 137 Å². The second kappa shape index (κ2) is 7.41. The van der Waals surface area contributed by atoms with Crippen LogP contribution in [0.15, 0.2) is 11.4 Å². The summed E-state index contributed by atoms with van der Waals surface area (Å²) in [6.45, 7) is 7.52. The molecule has 1 aliphatic rings. The van der Waals surface area contributed by atoms with Crippen LogP contribution in [0.3, 0.4) is 0 Å². The fourth-order valence-corrected chi connectivity index (χ4v) is 4.32. The van der Waals surface area contributed by atoms with Gasteiger partial charge in [-0.25, -0.2) is 10.0 Å². The van der Waals surface area contributed by atoms with E-state index in [2.05, 4.69) is 62.1 Å². The van der Waals surface area contributed by atoms with Crippen LogP contribution in [-0.2, 0) is 0 Å². The van der Waals surface area contributed by atoms with Gasteiger partial charge in [0.1, 0.15) is 0 Å². The van der Waals surface area contributed by atoms with Crippen LogP contribution >= 0.6 is 34.9 Å². The van der Waals surface area contributed by atoms with E-state index in [1.54, 1.807) is 0 Å². The van der Waals surface area contributed by atoms with Gasteiger partial charge in [-0.05, 0) is 44.8 Å². The van der Waals surface area contributed by atoms with Gasteiger partial charge in [-0.1, -0.05) is 12.2 Å². The van der Waals surface area contributed by atoms with Gasteiger partial charge in [-0.2, -0.15) is 12.6 Å². The first-order chi connectivity index (χ1) is 9.22. The lowest BCUT2D eigenvalue weighted by molar-refractivity contribution is 0.337. The number of hydrogen-bond donors (Lipinski definition) is 1. The van der Waals surface area contributed by atoms with Crippen LogP contribution in [0.1, 0.15) is 20.3 Å². The molecule has 0 bridgehead atoms. The van der Waals surface area contributed by atoms with Crippen molar-refractivity contribution in [2.24, 2.45) is 0 Å². The molecular weight excluding hydrogens is 304 g/mol. The van der Waals surface area contributed by atoms with E-state index in [-0.39, 0.29) is 5.25 Å². The highest BCUT2D eigenvalue weighted by molar-refractivity contribution is 8.32. The van der Waals surface area contributed by atoms with Crippen molar-refractivity contribution in [3.8, 4) is 0 Å². The van der Waals surface area contributed by atoms with Crippen LogP contribution in [0.4, 0.5) is 0 Å². The fourth-order valence-electron chi connectivity index (χ4n) is 2.55. The van der Waals surface area contributed by atoms with Crippen LogP contribution in [0, 0.1) is 0 Å². The lowest BCUT2D eigenvalue weighted by Crippen LogP contribution is -2.47. The summed E-state index contributed by atoms with van der Waals surface area (Å²) in [5.41, 5.74) is 2.58. The summed E-state index contributed by atoms with van der Waals surface area (Å²) in [6.07, 6.45) is 8.38. The molecule has 0 aromatic rings. The van der Waals surface area contributed by atoms with E-state index >= 15 is 0 Å². The lowest BCUT2D eigenvalue weighted by Gasteiger charge is -2.42. The Bertz CT molecular complexity index is 381. The highest BCUT2D eigenvalue weighted by Crippen LogP contribution is 2.37. The van der Waals surface area contributed by atoms with Gasteiger partial charge in [0.15, 0.2) is 0 Å². The molecule has 0 fully saturated rings. The molecule has 0 aromatic heterocycles. The van der Waals surface area contributed by atoms with Crippen LogP contribution in [0.25, 0.3) is 0 Å². The average Bonchev–Trinajstić information content (AvgIpc) is 2.36. The second-order valence-electron chi connectivity index (χ2n) is 6.24. The minimum Gasteiger partial charge on any atom is -0.372 e. The molecule has 1 aliphatic carbocycles. The van der Waals surface area contributed by atoms with E-state index in [1.165, 1.54) is 23.6 Å². The third kappa shape index (κ3) is 4.31. The third-order valence-corrected chi connectivity index (χ3v) is 6.34. The Morgan fingerprint density at radius 3 is 2.20 bits per heavy atom. The molecule has 20 heavy (non-hydrogen) atoms. The summed E-state index contributed by atoms with van der Waals surface area (Å²) in [5.74, 6) is 1.32. The average molecular weight is 335 g/mol. The summed E-state index contributed by atoms with van der Waals surface area (Å²) in [5, 5.41) is 0.149. The van der Waals surface area contributed by atoms with Crippen molar-refractivity contribution in [3.63, 3.8) is 0 Å². The van der Waals surface area contributed by atoms with Crippen molar-refractivity contribution >= 4 is 39.7 Å². The molecule has 0 spiro atoms. The van der Waals surface area contributed by atoms with Crippen LogP contribution in [0.2, 0.25) is 0 Å². The first-order valence-electron chi connectivity index (χ1n) is 7.31. The van der Waals surface area contributed by atoms with Crippen LogP contribution in [0.5, 0.6) is 0 Å². The molecular formula is C15H30N2S3. The quantitative estimate of drug-likeness (QED) is 0.538. The molecule has 0 aromatic carbocycles. The van der Waals surface area contributed by atoms with Crippen LogP contribution < -0.4 is 0 Å². The summed E-state index contributed by atoms with van der Waals surface area (Å²) in [6, 6.07) is 0. The molecule has 0 radical (unpaired) electrons. The van der Waals surface area contributed by atoms with Crippen molar-refractivity contribution in [1.29, 1.82) is 0 Å². The number of allylic oxidation sites excluding steroid dienone is 1. The van der Waals surface area contributed by atoms with Gasteiger partial charge in [0.05, 0.1) is 21.5 Å². The maximum absolute atomic E-state index is 5.52. The molecule has 0 aliphatic heterocycles. The Kier molecular flexibility index (Phi) is 6.74. The predicted molar refractivity (Wildman–Crippen MR) is 103 cm³/mol. The molecule has 1 atom stereocenters. The number of nitrogens with zero attached hydrogens (tertiary/aromatic N) is 2. The van der Waals surface area contributed by atoms with E-state index in [1.807, 2.05) is 0 Å². The second-order valence-corrected chi connectivity index (χ2v) is 11.8. The molecule has 0 heterocycles. The molecule has 5 heteroatoms. The van der Waals surface area contributed by atoms with Crippen molar-refractivity contribution in [1.82, 2.24) is 9.80 Å². The molecule has 1 unspecified atom stereocenters. The van der Waals surface area contributed by atoms with Gasteiger partial charge >= 0.3 is 0 Å². The van der Waals surface area contributed by atoms with Crippen molar-refractivity contribution in [2.75, 3.05) is 51.2 Å². The smallest absolute Gasteiger partial charge is 0.0810 e. The van der Waals surface area contributed by atoms with Crippen molar-refractivity contribution < 1.29 is 0 Å². The normalized spacial score (nSPS) is 19.9. The predicted octanol–water partition coefficient (Wildman–Crippen LogP) is 3.24. The van der Waals surface area contributed by atoms with Gasteiger partial charge in [-0.15, -0.1) is 0 Å². The zero-order valence-electron chi connectivity index (χ0n) is 13.8. The number of thiol groups is 1. The minimum atomic E-state index is -0.399. The lowest BCUT2D eigenvalue weighted by atomic mass is 9.96. The maximum atomic E-state index is 5.52. The van der Waals surface area contributed by atoms with E-state index in [4.69, 9.17) is 12.2 Å². The van der Waals surface area contributed by atoms with E-state index in [0.29, 0.717) is 0 Å². The fraction of sp³-hybridized carbons (Fsp3) is 0.800. The highest BCUT2D eigenvalue weighted by Gasteiger charge is 2.37. The molecule has 0 saturated heterocycles. The molecule has 0 saturated carbocycles. The zero-order valence-corrected chi connectivity index (χ0v) is 16.3. The van der Waals surface area contributed by atoms with Crippen molar-refractivity contribution in [2.45, 2.75) is 25.5 Å². The zero-order chi connectivity index (χ0) is 15.5. The van der Waals surface area contributed by atoms with E-state index < -0.39 is 10.0 Å². The number of rotatable bonds is 8. The van der Waals surface area contributed by atoms with Gasteiger partial charge in [0, 0.05) is 26.7 Å². The Hall–Kier alpha value is 0.130. The summed E-state index contributed by atoms with van der Waals surface area (Å²) >= 11 is 10.2. The van der Waals surface area contributed by atoms with Crippen LogP contribution in [-0.4, -0.2) is 71.1 Å². The number of hydrogen-bond acceptors (Lipinski definition) is 4. The maximum Gasteiger partial charge on any atom is 0.0810 e. The largest absolute Gasteiger partial charge is 0.372 e. The Balaban J connectivity index is 2.73. The van der Waals surface area contributed by atoms with Gasteiger partial charge in [0.25, 0.3) is 0 Å². The molecule has 118 valence electrons. The SMILES string of the molecule is CCN(CC)C1=C(N(C)CCCS(C)(C)C)C(=S)C1S. The third-order valence-electron chi connectivity index (χ3n) is 3.72. The standard InChI is InChI=1S/C15H30N2S3/c1-7-17(8-2)13-12(14(18)15(13)19)16(3)10-9-11-20(4,5)6/h15,19H,7-11H2,1-6H3. The molecule has 2 nitrogen and oxygen atoms in total. The van der Waals surface area contributed by atoms with E-state index in [0.717, 1.165) is 24.5 Å². The minimum absolute atomic E-state index is 0.149. The summed E-state index contributed by atoms with van der Waals surface area (Å²) in [4.78, 5) is 5.74. The Morgan fingerprint density at radius 2 is 1.75 bits per heavy atom. The number of thiocarbonyl (C=S) groups is 1. The molecule has 1 rings (SSSR count). The first-order valence-corrected chi connectivity index (χ1v) is 11.3. The molecule has 0 amide bonds. The summed E-state index contributed by atoms with van der Waals surface area (Å²) < 4.78 is 0. The first kappa shape index (κ1) is 18.2. The van der Waals surface area contributed by atoms with Gasteiger partial charge < -0.3 is 9.80 Å². The Morgan fingerprint density at radius 1 is 1.20 bits per heavy atom. The van der Waals surface area contributed by atoms with Gasteiger partial charge in [0.2, 0.25) is 0 Å². The molecule has 0 N–H and O–H groups in total. The highest BCUT2D eigenvalue weighted by atomic mass is 32.3. The summed E-state index contributed by atoms with van der Waals surface area (Å²) in [7, 11) is 1.77. The van der Waals surface area contributed by atoms with Gasteiger partial charge in [-0.3, -0.25) is 0 Å². The topological polar surface area (TPSA) is 6.48 Å². The van der Waals surface area contributed by atoms with E-state index in [9.17, 15) is 0 Å². The van der Waals surface area contributed by atoms with Crippen molar-refractivity contribution in [3.05, 3.63) is 11.4 Å².